The van der Waals surface area contributed by atoms with Gasteiger partial charge in [0.05, 0.1) is 6.54 Å². The number of amides is 1. The minimum Gasteiger partial charge on any atom is -0.351 e. The van der Waals surface area contributed by atoms with Crippen LogP contribution in [0.2, 0.25) is 5.02 Å². The number of benzene rings is 1. The Morgan fingerprint density at radius 3 is 2.80 bits per heavy atom. The standard InChI is InChI=1S/C15H22ClN3O/c1-11-6-7-19(9-14(11)17)10-15(20)18-8-12-2-4-13(16)5-3-12/h2-5,11,14H,6-10,17H2,1H3,(H,18,20). The largest absolute Gasteiger partial charge is 0.351 e. The first kappa shape index (κ1) is 15.3. The number of carbonyl (C=O) groups is 1. The van der Waals surface area contributed by atoms with Crippen LogP contribution in [0, 0.1) is 5.92 Å². The van der Waals surface area contributed by atoms with Gasteiger partial charge in [0.15, 0.2) is 0 Å². The summed E-state index contributed by atoms with van der Waals surface area (Å²) in [6, 6.07) is 7.66. The lowest BCUT2D eigenvalue weighted by molar-refractivity contribution is -0.122. The van der Waals surface area contributed by atoms with Crippen molar-refractivity contribution in [2.75, 3.05) is 19.6 Å². The van der Waals surface area contributed by atoms with Crippen LogP contribution in [0.25, 0.3) is 0 Å². The van der Waals surface area contributed by atoms with Crippen LogP contribution in [0.5, 0.6) is 0 Å². The number of hydrogen-bond acceptors (Lipinski definition) is 3. The number of nitrogens with one attached hydrogen (secondary N) is 1. The summed E-state index contributed by atoms with van der Waals surface area (Å²) in [5, 5.41) is 3.63. The van der Waals surface area contributed by atoms with Crippen LogP contribution >= 0.6 is 11.6 Å². The molecule has 2 atom stereocenters. The van der Waals surface area contributed by atoms with Crippen molar-refractivity contribution < 1.29 is 4.79 Å². The molecule has 0 spiro atoms. The lowest BCUT2D eigenvalue weighted by Crippen LogP contribution is -2.50. The summed E-state index contributed by atoms with van der Waals surface area (Å²) in [4.78, 5) is 14.0. The minimum atomic E-state index is 0.0432. The highest BCUT2D eigenvalue weighted by molar-refractivity contribution is 6.30. The van der Waals surface area contributed by atoms with E-state index < -0.39 is 0 Å². The molecule has 2 unspecified atom stereocenters. The summed E-state index contributed by atoms with van der Waals surface area (Å²) in [6.07, 6.45) is 1.06. The summed E-state index contributed by atoms with van der Waals surface area (Å²) in [6.45, 7) is 4.88. The van der Waals surface area contributed by atoms with Gasteiger partial charge in [-0.2, -0.15) is 0 Å². The molecule has 110 valence electrons. The van der Waals surface area contributed by atoms with E-state index in [1.165, 1.54) is 0 Å². The van der Waals surface area contributed by atoms with Gasteiger partial charge >= 0.3 is 0 Å². The molecule has 3 N–H and O–H groups in total. The van der Waals surface area contributed by atoms with Crippen molar-refractivity contribution in [1.29, 1.82) is 0 Å². The SMILES string of the molecule is CC1CCN(CC(=O)NCc2ccc(Cl)cc2)CC1N. The monoisotopic (exact) mass is 295 g/mol. The molecule has 1 amide bonds. The Labute approximate surface area is 125 Å². The number of carbonyl (C=O) groups excluding carboxylic acids is 1. The maximum Gasteiger partial charge on any atom is 0.234 e. The van der Waals surface area contributed by atoms with E-state index in [4.69, 9.17) is 17.3 Å². The van der Waals surface area contributed by atoms with E-state index in [9.17, 15) is 4.79 Å². The third-order valence-electron chi connectivity index (χ3n) is 3.87. The molecule has 1 aliphatic rings. The lowest BCUT2D eigenvalue weighted by atomic mass is 9.94. The average Bonchev–Trinajstić information content (AvgIpc) is 2.42. The molecule has 0 saturated carbocycles. The van der Waals surface area contributed by atoms with Crippen molar-refractivity contribution in [3.05, 3.63) is 34.9 Å². The summed E-state index contributed by atoms with van der Waals surface area (Å²) >= 11 is 5.82. The molecule has 0 bridgehead atoms. The van der Waals surface area contributed by atoms with Crippen LogP contribution < -0.4 is 11.1 Å². The topological polar surface area (TPSA) is 58.4 Å². The normalized spacial score (nSPS) is 23.6. The fourth-order valence-corrected chi connectivity index (χ4v) is 2.50. The van der Waals surface area contributed by atoms with E-state index in [2.05, 4.69) is 17.1 Å². The van der Waals surface area contributed by atoms with Gasteiger partial charge in [0.2, 0.25) is 5.91 Å². The summed E-state index contributed by atoms with van der Waals surface area (Å²) in [7, 11) is 0. The predicted octanol–water partition coefficient (Wildman–Crippen LogP) is 1.63. The Hall–Kier alpha value is -1.10. The third-order valence-corrected chi connectivity index (χ3v) is 4.12. The van der Waals surface area contributed by atoms with E-state index in [1.54, 1.807) is 0 Å². The Balaban J connectivity index is 1.74. The predicted molar refractivity (Wildman–Crippen MR) is 81.5 cm³/mol. The van der Waals surface area contributed by atoms with Gasteiger partial charge in [-0.25, -0.2) is 0 Å². The van der Waals surface area contributed by atoms with E-state index >= 15 is 0 Å². The lowest BCUT2D eigenvalue weighted by Gasteiger charge is -2.34. The fourth-order valence-electron chi connectivity index (χ4n) is 2.38. The highest BCUT2D eigenvalue weighted by atomic mass is 35.5. The molecular weight excluding hydrogens is 274 g/mol. The van der Waals surface area contributed by atoms with Crippen LogP contribution in [-0.2, 0) is 11.3 Å². The molecule has 1 aromatic carbocycles. The Morgan fingerprint density at radius 2 is 2.15 bits per heavy atom. The molecule has 1 aromatic rings. The number of likely N-dealkylation sites (tertiary alicyclic amines) is 1. The molecular formula is C15H22ClN3O. The van der Waals surface area contributed by atoms with Gasteiger partial charge in [0.1, 0.15) is 0 Å². The van der Waals surface area contributed by atoms with Gasteiger partial charge in [0, 0.05) is 24.2 Å². The second-order valence-electron chi connectivity index (χ2n) is 5.57. The molecule has 4 nitrogen and oxygen atoms in total. The van der Waals surface area contributed by atoms with E-state index in [1.807, 2.05) is 24.3 Å². The average molecular weight is 296 g/mol. The molecule has 1 fully saturated rings. The number of hydrogen-bond donors (Lipinski definition) is 2. The molecule has 1 saturated heterocycles. The molecule has 1 aliphatic heterocycles. The Morgan fingerprint density at radius 1 is 1.45 bits per heavy atom. The first-order valence-corrected chi connectivity index (χ1v) is 7.41. The van der Waals surface area contributed by atoms with Gasteiger partial charge in [-0.15, -0.1) is 0 Å². The molecule has 5 heteroatoms. The van der Waals surface area contributed by atoms with Crippen molar-refractivity contribution in [3.63, 3.8) is 0 Å². The van der Waals surface area contributed by atoms with E-state index in [0.29, 0.717) is 24.0 Å². The van der Waals surface area contributed by atoms with Gasteiger partial charge in [-0.3, -0.25) is 9.69 Å². The summed E-state index contributed by atoms with van der Waals surface area (Å²) < 4.78 is 0. The van der Waals surface area contributed by atoms with Crippen LogP contribution in [0.15, 0.2) is 24.3 Å². The van der Waals surface area contributed by atoms with Crippen molar-refractivity contribution in [2.45, 2.75) is 25.9 Å². The maximum absolute atomic E-state index is 11.9. The van der Waals surface area contributed by atoms with Gasteiger partial charge < -0.3 is 11.1 Å². The fraction of sp³-hybridized carbons (Fsp3) is 0.533. The van der Waals surface area contributed by atoms with Crippen LogP contribution in [0.1, 0.15) is 18.9 Å². The van der Waals surface area contributed by atoms with Crippen LogP contribution in [0.4, 0.5) is 0 Å². The van der Waals surface area contributed by atoms with Crippen molar-refractivity contribution in [2.24, 2.45) is 11.7 Å². The van der Waals surface area contributed by atoms with Crippen LogP contribution in [-0.4, -0.2) is 36.5 Å². The number of halogens is 1. The molecule has 1 heterocycles. The van der Waals surface area contributed by atoms with E-state index in [-0.39, 0.29) is 11.9 Å². The zero-order valence-electron chi connectivity index (χ0n) is 11.8. The third kappa shape index (κ3) is 4.47. The summed E-state index contributed by atoms with van der Waals surface area (Å²) in [5.74, 6) is 0.588. The zero-order chi connectivity index (χ0) is 14.5. The van der Waals surface area contributed by atoms with Crippen molar-refractivity contribution in [3.8, 4) is 0 Å². The first-order chi connectivity index (χ1) is 9.54. The molecule has 20 heavy (non-hydrogen) atoms. The number of nitrogens with two attached hydrogens (primary N) is 1. The number of rotatable bonds is 4. The number of piperidine rings is 1. The second-order valence-corrected chi connectivity index (χ2v) is 6.00. The van der Waals surface area contributed by atoms with Gasteiger partial charge in [-0.05, 0) is 36.6 Å². The number of nitrogens with zero attached hydrogens (tertiary/aromatic N) is 1. The first-order valence-electron chi connectivity index (χ1n) is 7.03. The Bertz CT molecular complexity index is 449. The zero-order valence-corrected chi connectivity index (χ0v) is 12.6. The molecule has 2 rings (SSSR count). The smallest absolute Gasteiger partial charge is 0.234 e. The molecule has 0 aliphatic carbocycles. The van der Waals surface area contributed by atoms with Gasteiger partial charge in [-0.1, -0.05) is 30.7 Å². The van der Waals surface area contributed by atoms with E-state index in [0.717, 1.165) is 25.1 Å². The summed E-state index contributed by atoms with van der Waals surface area (Å²) in [5.41, 5.74) is 7.09. The molecule has 0 aromatic heterocycles. The highest BCUT2D eigenvalue weighted by Gasteiger charge is 2.24. The van der Waals surface area contributed by atoms with Gasteiger partial charge in [0.25, 0.3) is 0 Å². The maximum atomic E-state index is 11.9. The quantitative estimate of drug-likeness (QED) is 0.887. The highest BCUT2D eigenvalue weighted by Crippen LogP contribution is 2.15. The minimum absolute atomic E-state index is 0.0432. The second kappa shape index (κ2) is 7.07. The van der Waals surface area contributed by atoms with Crippen LogP contribution in [0.3, 0.4) is 0 Å². The van der Waals surface area contributed by atoms with Crippen molar-refractivity contribution in [1.82, 2.24) is 10.2 Å². The Kier molecular flexibility index (Phi) is 5.40. The molecule has 0 radical (unpaired) electrons. The van der Waals surface area contributed by atoms with Crippen molar-refractivity contribution >= 4 is 17.5 Å².